The molecule has 2 rings (SSSR count). The van der Waals surface area contributed by atoms with E-state index in [-0.39, 0.29) is 5.41 Å². The highest BCUT2D eigenvalue weighted by Crippen LogP contribution is 2.43. The van der Waals surface area contributed by atoms with Gasteiger partial charge < -0.3 is 0 Å². The lowest BCUT2D eigenvalue weighted by Crippen LogP contribution is -2.28. The SMILES string of the molecule is CCCC1CCC(C#N)(Cc2ccc(CC)s2)CC1. The average molecular weight is 275 g/mol. The molecule has 19 heavy (non-hydrogen) atoms. The minimum absolute atomic E-state index is 0.0693. The van der Waals surface area contributed by atoms with E-state index in [4.69, 9.17) is 0 Å². The third kappa shape index (κ3) is 3.60. The van der Waals surface area contributed by atoms with Gasteiger partial charge in [0.2, 0.25) is 0 Å². The predicted octanol–water partition coefficient (Wildman–Crippen LogP) is 5.35. The van der Waals surface area contributed by atoms with Gasteiger partial charge in [0, 0.05) is 16.2 Å². The summed E-state index contributed by atoms with van der Waals surface area (Å²) in [6, 6.07) is 7.13. The molecule has 104 valence electrons. The largest absolute Gasteiger partial charge is 0.198 e. The molecular formula is C17H25NS. The molecule has 0 atom stereocenters. The van der Waals surface area contributed by atoms with E-state index in [1.54, 1.807) is 0 Å². The van der Waals surface area contributed by atoms with Crippen molar-refractivity contribution >= 4 is 11.3 Å². The van der Waals surface area contributed by atoms with Crippen molar-refractivity contribution in [2.45, 2.75) is 65.2 Å². The van der Waals surface area contributed by atoms with Crippen molar-refractivity contribution in [1.82, 2.24) is 0 Å². The first-order valence-corrected chi connectivity index (χ1v) is 8.52. The Balaban J connectivity index is 1.98. The number of hydrogen-bond acceptors (Lipinski definition) is 2. The van der Waals surface area contributed by atoms with Crippen LogP contribution in [-0.2, 0) is 12.8 Å². The number of rotatable bonds is 5. The molecule has 0 bridgehead atoms. The second kappa shape index (κ2) is 6.57. The first-order chi connectivity index (χ1) is 9.21. The lowest BCUT2D eigenvalue weighted by Gasteiger charge is -2.34. The first-order valence-electron chi connectivity index (χ1n) is 7.70. The number of nitrogens with zero attached hydrogens (tertiary/aromatic N) is 1. The van der Waals surface area contributed by atoms with Gasteiger partial charge >= 0.3 is 0 Å². The second-order valence-corrected chi connectivity index (χ2v) is 7.28. The highest BCUT2D eigenvalue weighted by atomic mass is 32.1. The van der Waals surface area contributed by atoms with Gasteiger partial charge in [-0.1, -0.05) is 26.7 Å². The van der Waals surface area contributed by atoms with E-state index in [0.717, 1.165) is 31.6 Å². The maximum absolute atomic E-state index is 9.64. The Morgan fingerprint density at radius 3 is 2.47 bits per heavy atom. The van der Waals surface area contributed by atoms with E-state index >= 15 is 0 Å². The predicted molar refractivity (Wildman–Crippen MR) is 82.3 cm³/mol. The van der Waals surface area contributed by atoms with Crippen LogP contribution in [0.5, 0.6) is 0 Å². The topological polar surface area (TPSA) is 23.8 Å². The molecule has 0 saturated heterocycles. The summed E-state index contributed by atoms with van der Waals surface area (Å²) in [7, 11) is 0. The van der Waals surface area contributed by atoms with Crippen LogP contribution in [0.15, 0.2) is 12.1 Å². The normalized spacial score (nSPS) is 27.1. The Hall–Kier alpha value is -0.810. The molecule has 1 aliphatic rings. The van der Waals surface area contributed by atoms with Crippen molar-refractivity contribution in [2.24, 2.45) is 11.3 Å². The molecule has 1 aromatic rings. The molecule has 0 spiro atoms. The van der Waals surface area contributed by atoms with Crippen molar-refractivity contribution in [1.29, 1.82) is 5.26 Å². The average Bonchev–Trinajstić information content (AvgIpc) is 2.89. The lowest BCUT2D eigenvalue weighted by molar-refractivity contribution is 0.201. The number of thiophene rings is 1. The zero-order valence-corrected chi connectivity index (χ0v) is 13.1. The molecule has 1 saturated carbocycles. The van der Waals surface area contributed by atoms with Gasteiger partial charge in [-0.25, -0.2) is 0 Å². The zero-order chi connectivity index (χ0) is 13.7. The summed E-state index contributed by atoms with van der Waals surface area (Å²) in [6.07, 6.45) is 9.45. The molecule has 1 heterocycles. The molecule has 0 aliphatic heterocycles. The van der Waals surface area contributed by atoms with E-state index in [9.17, 15) is 5.26 Å². The van der Waals surface area contributed by atoms with Crippen LogP contribution < -0.4 is 0 Å². The lowest BCUT2D eigenvalue weighted by atomic mass is 9.68. The summed E-state index contributed by atoms with van der Waals surface area (Å²) < 4.78 is 0. The van der Waals surface area contributed by atoms with Crippen LogP contribution in [0.1, 0.15) is 62.1 Å². The maximum Gasteiger partial charge on any atom is 0.0693 e. The fourth-order valence-corrected chi connectivity index (χ4v) is 4.40. The van der Waals surface area contributed by atoms with Crippen LogP contribution in [0.25, 0.3) is 0 Å². The highest BCUT2D eigenvalue weighted by molar-refractivity contribution is 7.11. The van der Waals surface area contributed by atoms with Crippen molar-refractivity contribution < 1.29 is 0 Å². The molecule has 0 N–H and O–H groups in total. The maximum atomic E-state index is 9.64. The summed E-state index contributed by atoms with van der Waals surface area (Å²) in [6.45, 7) is 4.47. The quantitative estimate of drug-likeness (QED) is 0.710. The van der Waals surface area contributed by atoms with Crippen LogP contribution >= 0.6 is 11.3 Å². The summed E-state index contributed by atoms with van der Waals surface area (Å²) in [4.78, 5) is 2.86. The number of nitriles is 1. The van der Waals surface area contributed by atoms with Crippen LogP contribution in [0.2, 0.25) is 0 Å². The zero-order valence-electron chi connectivity index (χ0n) is 12.2. The first kappa shape index (κ1) is 14.6. The molecule has 0 amide bonds. The van der Waals surface area contributed by atoms with Crippen LogP contribution in [0.4, 0.5) is 0 Å². The summed E-state index contributed by atoms with van der Waals surface area (Å²) in [5.41, 5.74) is -0.0693. The van der Waals surface area contributed by atoms with E-state index in [0.29, 0.717) is 0 Å². The van der Waals surface area contributed by atoms with Gasteiger partial charge in [-0.15, -0.1) is 11.3 Å². The van der Waals surface area contributed by atoms with Crippen LogP contribution in [0.3, 0.4) is 0 Å². The van der Waals surface area contributed by atoms with Gasteiger partial charge in [-0.2, -0.15) is 5.26 Å². The minimum Gasteiger partial charge on any atom is -0.198 e. The summed E-state index contributed by atoms with van der Waals surface area (Å²) in [5, 5.41) is 9.64. The van der Waals surface area contributed by atoms with Crippen molar-refractivity contribution in [2.75, 3.05) is 0 Å². The van der Waals surface area contributed by atoms with Gasteiger partial charge in [0.1, 0.15) is 0 Å². The standard InChI is InChI=1S/C17H25NS/c1-3-5-14-8-10-17(13-18,11-9-14)12-16-7-6-15(4-2)19-16/h6-7,14H,3-5,8-12H2,1-2H3. The number of aryl methyl sites for hydroxylation is 1. The van der Waals surface area contributed by atoms with Gasteiger partial charge in [0.05, 0.1) is 11.5 Å². The van der Waals surface area contributed by atoms with Gasteiger partial charge in [0.15, 0.2) is 0 Å². The smallest absolute Gasteiger partial charge is 0.0693 e. The third-order valence-electron chi connectivity index (χ3n) is 4.57. The monoisotopic (exact) mass is 275 g/mol. The minimum atomic E-state index is -0.0693. The highest BCUT2D eigenvalue weighted by Gasteiger charge is 2.35. The van der Waals surface area contributed by atoms with Crippen molar-refractivity contribution in [3.63, 3.8) is 0 Å². The molecule has 2 heteroatoms. The fourth-order valence-electron chi connectivity index (χ4n) is 3.30. The van der Waals surface area contributed by atoms with Crippen molar-refractivity contribution in [3.05, 3.63) is 21.9 Å². The molecule has 0 unspecified atom stereocenters. The molecule has 1 fully saturated rings. The molecule has 1 aliphatic carbocycles. The van der Waals surface area contributed by atoms with E-state index < -0.39 is 0 Å². The second-order valence-electron chi connectivity index (χ2n) is 6.02. The molecule has 0 radical (unpaired) electrons. The molecule has 0 aromatic carbocycles. The Labute approximate surface area is 121 Å². The summed E-state index contributed by atoms with van der Waals surface area (Å²) in [5.74, 6) is 0.876. The Bertz CT molecular complexity index is 432. The Kier molecular flexibility index (Phi) is 5.05. The van der Waals surface area contributed by atoms with E-state index in [2.05, 4.69) is 32.0 Å². The van der Waals surface area contributed by atoms with Crippen LogP contribution in [0, 0.1) is 22.7 Å². The molecule has 1 aromatic heterocycles. The fraction of sp³-hybridized carbons (Fsp3) is 0.706. The molecule has 1 nitrogen and oxygen atoms in total. The van der Waals surface area contributed by atoms with E-state index in [1.807, 2.05) is 11.3 Å². The molecular weight excluding hydrogens is 250 g/mol. The van der Waals surface area contributed by atoms with Gasteiger partial charge in [-0.3, -0.25) is 0 Å². The Morgan fingerprint density at radius 2 is 1.95 bits per heavy atom. The van der Waals surface area contributed by atoms with Crippen LogP contribution in [-0.4, -0.2) is 0 Å². The Morgan fingerprint density at radius 1 is 1.26 bits per heavy atom. The number of hydrogen-bond donors (Lipinski definition) is 0. The summed E-state index contributed by atoms with van der Waals surface area (Å²) >= 11 is 1.90. The van der Waals surface area contributed by atoms with E-state index in [1.165, 1.54) is 35.4 Å². The van der Waals surface area contributed by atoms with Gasteiger partial charge in [0.25, 0.3) is 0 Å². The van der Waals surface area contributed by atoms with Crippen molar-refractivity contribution in [3.8, 4) is 6.07 Å². The van der Waals surface area contributed by atoms with Gasteiger partial charge in [-0.05, 0) is 50.2 Å². The third-order valence-corrected chi connectivity index (χ3v) is 5.80.